The minimum atomic E-state index is -0.0183. The van der Waals surface area contributed by atoms with Gasteiger partial charge in [0.2, 0.25) is 5.91 Å². The molecule has 0 bridgehead atoms. The number of benzene rings is 2. The van der Waals surface area contributed by atoms with E-state index in [2.05, 4.69) is 21.9 Å². The van der Waals surface area contributed by atoms with Gasteiger partial charge in [-0.25, -0.2) is 9.97 Å². The third-order valence-corrected chi connectivity index (χ3v) is 7.91. The summed E-state index contributed by atoms with van der Waals surface area (Å²) in [5.41, 5.74) is 8.71. The number of fused-ring (bicyclic) bond motifs is 1. The Hall–Kier alpha value is -3.88. The van der Waals surface area contributed by atoms with Gasteiger partial charge in [0.1, 0.15) is 34.4 Å². The van der Waals surface area contributed by atoms with E-state index < -0.39 is 0 Å². The maximum absolute atomic E-state index is 12.9. The molecule has 39 heavy (non-hydrogen) atoms. The average molecular weight is 543 g/mol. The van der Waals surface area contributed by atoms with Crippen molar-refractivity contribution >= 4 is 34.4 Å². The Morgan fingerprint density at radius 3 is 2.59 bits per heavy atom. The van der Waals surface area contributed by atoms with Crippen molar-refractivity contribution in [3.8, 4) is 22.6 Å². The van der Waals surface area contributed by atoms with Gasteiger partial charge < -0.3 is 19.9 Å². The van der Waals surface area contributed by atoms with Crippen LogP contribution in [0.2, 0.25) is 5.15 Å². The van der Waals surface area contributed by atoms with E-state index in [1.807, 2.05) is 70.1 Å². The molecule has 9 heteroatoms. The second-order valence-corrected chi connectivity index (χ2v) is 10.6. The molecule has 1 aliphatic heterocycles. The van der Waals surface area contributed by atoms with Crippen molar-refractivity contribution in [1.82, 2.24) is 24.3 Å². The number of nitrogens with two attached hydrogens (primary N) is 1. The minimum Gasteiger partial charge on any atom is -0.457 e. The summed E-state index contributed by atoms with van der Waals surface area (Å²) in [6.45, 7) is 2.00. The molecule has 6 rings (SSSR count). The molecule has 2 fully saturated rings. The van der Waals surface area contributed by atoms with Gasteiger partial charge >= 0.3 is 0 Å². The fraction of sp³-hybridized carbons (Fsp3) is 0.300. The number of halogens is 1. The number of amides is 1. The van der Waals surface area contributed by atoms with E-state index >= 15 is 0 Å². The van der Waals surface area contributed by atoms with Crippen LogP contribution in [0.25, 0.3) is 22.2 Å². The third-order valence-electron chi connectivity index (χ3n) is 7.54. The number of ether oxygens (including phenoxy) is 1. The largest absolute Gasteiger partial charge is 0.457 e. The molecule has 2 aliphatic rings. The lowest BCUT2D eigenvalue weighted by atomic mass is 10.1. The Labute approximate surface area is 232 Å². The lowest BCUT2D eigenvalue weighted by Crippen LogP contribution is -2.28. The van der Waals surface area contributed by atoms with Crippen LogP contribution in [0.5, 0.6) is 11.5 Å². The van der Waals surface area contributed by atoms with E-state index in [0.29, 0.717) is 41.1 Å². The predicted molar refractivity (Wildman–Crippen MR) is 154 cm³/mol. The Balaban J connectivity index is 1.25. The molecule has 1 saturated heterocycles. The summed E-state index contributed by atoms with van der Waals surface area (Å²) in [4.78, 5) is 25.9. The maximum atomic E-state index is 12.9. The predicted octanol–water partition coefficient (Wildman–Crippen LogP) is 5.55. The van der Waals surface area contributed by atoms with Crippen molar-refractivity contribution < 1.29 is 9.53 Å². The Kier molecular flexibility index (Phi) is 6.97. The van der Waals surface area contributed by atoms with Crippen molar-refractivity contribution in [2.24, 2.45) is 0 Å². The molecule has 2 aromatic heterocycles. The van der Waals surface area contributed by atoms with Gasteiger partial charge in [0.15, 0.2) is 0 Å². The fourth-order valence-corrected chi connectivity index (χ4v) is 5.70. The van der Waals surface area contributed by atoms with Crippen LogP contribution in [-0.2, 0) is 4.79 Å². The zero-order valence-electron chi connectivity index (χ0n) is 21.8. The summed E-state index contributed by atoms with van der Waals surface area (Å²) in [7, 11) is 2.10. The monoisotopic (exact) mass is 542 g/mol. The normalized spacial score (nSPS) is 17.5. The molecule has 2 aromatic carbocycles. The van der Waals surface area contributed by atoms with Crippen LogP contribution in [0, 0.1) is 0 Å². The standard InChI is InChI=1S/C30H31ClN6O2/c1-35(21-11-12-21)16-5-8-25(38)36-17-15-22(18-36)37-28(31)26(27-29(32)33-19-34-30(27)37)20-9-13-24(14-10-20)39-23-6-3-2-4-7-23/h2-10,13-14,19,21-22H,11-12,15-18H2,1H3,(H2,32,33,34)/t22-/m1/s1. The quantitative estimate of drug-likeness (QED) is 0.294. The number of likely N-dealkylation sites (tertiary alicyclic amines) is 1. The summed E-state index contributed by atoms with van der Waals surface area (Å²) in [6.07, 6.45) is 8.39. The second-order valence-electron chi connectivity index (χ2n) is 10.2. The van der Waals surface area contributed by atoms with Crippen LogP contribution in [0.1, 0.15) is 25.3 Å². The molecule has 1 amide bonds. The molecule has 1 aliphatic carbocycles. The van der Waals surface area contributed by atoms with E-state index in [4.69, 9.17) is 22.1 Å². The molecular weight excluding hydrogens is 512 g/mol. The molecular formula is C30H31ClN6O2. The lowest BCUT2D eigenvalue weighted by molar-refractivity contribution is -0.125. The number of carbonyl (C=O) groups is 1. The molecule has 0 spiro atoms. The van der Waals surface area contributed by atoms with Crippen molar-refractivity contribution in [1.29, 1.82) is 0 Å². The second kappa shape index (κ2) is 10.7. The van der Waals surface area contributed by atoms with E-state index in [-0.39, 0.29) is 11.9 Å². The highest BCUT2D eigenvalue weighted by Gasteiger charge is 2.32. The van der Waals surface area contributed by atoms with E-state index in [1.165, 1.54) is 19.2 Å². The first-order valence-corrected chi connectivity index (χ1v) is 13.7. The number of hydrogen-bond donors (Lipinski definition) is 1. The van der Waals surface area contributed by atoms with Crippen LogP contribution in [0.3, 0.4) is 0 Å². The highest BCUT2D eigenvalue weighted by atomic mass is 35.5. The molecule has 200 valence electrons. The summed E-state index contributed by atoms with van der Waals surface area (Å²) in [5.74, 6) is 1.88. The van der Waals surface area contributed by atoms with Gasteiger partial charge in [-0.3, -0.25) is 9.69 Å². The van der Waals surface area contributed by atoms with E-state index in [0.717, 1.165) is 35.6 Å². The highest BCUT2D eigenvalue weighted by Crippen LogP contribution is 2.43. The zero-order valence-corrected chi connectivity index (χ0v) is 22.6. The van der Waals surface area contributed by atoms with Crippen molar-refractivity contribution in [3.05, 3.63) is 78.2 Å². The van der Waals surface area contributed by atoms with Crippen molar-refractivity contribution in [3.63, 3.8) is 0 Å². The van der Waals surface area contributed by atoms with Gasteiger partial charge in [-0.2, -0.15) is 0 Å². The zero-order chi connectivity index (χ0) is 26.9. The van der Waals surface area contributed by atoms with Crippen LogP contribution >= 0.6 is 11.6 Å². The van der Waals surface area contributed by atoms with E-state index in [1.54, 1.807) is 6.08 Å². The van der Waals surface area contributed by atoms with Gasteiger partial charge in [0, 0.05) is 37.3 Å². The number of nitrogens with zero attached hydrogens (tertiary/aromatic N) is 5. The van der Waals surface area contributed by atoms with Gasteiger partial charge in [-0.15, -0.1) is 0 Å². The fourth-order valence-electron chi connectivity index (χ4n) is 5.28. The Morgan fingerprint density at radius 2 is 1.85 bits per heavy atom. The van der Waals surface area contributed by atoms with Gasteiger partial charge in [-0.05, 0) is 56.1 Å². The molecule has 4 aromatic rings. The number of likely N-dealkylation sites (N-methyl/N-ethyl adjacent to an activating group) is 1. The third kappa shape index (κ3) is 5.22. The number of carbonyl (C=O) groups excluding carboxylic acids is 1. The number of aromatic nitrogens is 3. The molecule has 0 radical (unpaired) electrons. The van der Waals surface area contributed by atoms with Crippen LogP contribution in [0.4, 0.5) is 5.82 Å². The summed E-state index contributed by atoms with van der Waals surface area (Å²) in [6, 6.07) is 18.0. The van der Waals surface area contributed by atoms with Crippen LogP contribution in [-0.4, -0.2) is 63.0 Å². The molecule has 2 N–H and O–H groups in total. The average Bonchev–Trinajstić information content (AvgIpc) is 3.61. The Morgan fingerprint density at radius 1 is 1.10 bits per heavy atom. The van der Waals surface area contributed by atoms with Crippen molar-refractivity contribution in [2.45, 2.75) is 31.3 Å². The van der Waals surface area contributed by atoms with Crippen LogP contribution < -0.4 is 10.5 Å². The lowest BCUT2D eigenvalue weighted by Gasteiger charge is -2.17. The molecule has 3 heterocycles. The maximum Gasteiger partial charge on any atom is 0.246 e. The first kappa shape index (κ1) is 25.4. The summed E-state index contributed by atoms with van der Waals surface area (Å²) in [5, 5.41) is 1.25. The molecule has 1 saturated carbocycles. The molecule has 1 atom stereocenters. The van der Waals surface area contributed by atoms with Gasteiger partial charge in [0.25, 0.3) is 0 Å². The SMILES string of the molecule is CN(CC=CC(=O)N1CC[C@@H](n2c(Cl)c(-c3ccc(Oc4ccccc4)cc3)c3c(N)ncnc32)C1)C1CC1. The number of rotatable bonds is 8. The van der Waals surface area contributed by atoms with Crippen molar-refractivity contribution in [2.75, 3.05) is 32.4 Å². The van der Waals surface area contributed by atoms with Crippen LogP contribution in [0.15, 0.2) is 73.1 Å². The summed E-state index contributed by atoms with van der Waals surface area (Å²) >= 11 is 7.07. The Bertz CT molecular complexity index is 1510. The number of anilines is 1. The number of hydrogen-bond acceptors (Lipinski definition) is 6. The molecule has 8 nitrogen and oxygen atoms in total. The highest BCUT2D eigenvalue weighted by molar-refractivity contribution is 6.35. The van der Waals surface area contributed by atoms with Gasteiger partial charge in [-0.1, -0.05) is 48.0 Å². The van der Waals surface area contributed by atoms with Gasteiger partial charge in [0.05, 0.1) is 11.4 Å². The number of nitrogen functional groups attached to an aromatic ring is 1. The first-order valence-electron chi connectivity index (χ1n) is 13.3. The minimum absolute atomic E-state index is 0.0183. The smallest absolute Gasteiger partial charge is 0.246 e. The topological polar surface area (TPSA) is 89.5 Å². The summed E-state index contributed by atoms with van der Waals surface area (Å²) < 4.78 is 7.96. The molecule has 0 unspecified atom stereocenters. The first-order chi connectivity index (χ1) is 19.0. The van der Waals surface area contributed by atoms with E-state index in [9.17, 15) is 4.79 Å². The number of para-hydroxylation sites is 1.